The van der Waals surface area contributed by atoms with Gasteiger partial charge in [-0.1, -0.05) is 61.0 Å². The van der Waals surface area contributed by atoms with E-state index in [4.69, 9.17) is 5.14 Å². The topological polar surface area (TPSA) is 128 Å². The van der Waals surface area contributed by atoms with Gasteiger partial charge in [-0.05, 0) is 47.7 Å². The van der Waals surface area contributed by atoms with Gasteiger partial charge in [0.15, 0.2) is 0 Å². The fourth-order valence-electron chi connectivity index (χ4n) is 4.79. The first kappa shape index (κ1) is 29.1. The Bertz CT molecular complexity index is 1460. The number of ether oxygens (including phenoxy) is 1. The average Bonchev–Trinajstić information content (AvgIpc) is 3.41. The highest BCUT2D eigenvalue weighted by Crippen LogP contribution is 2.32. The molecule has 0 unspecified atom stereocenters. The smallest absolute Gasteiger partial charge is 0.406 e. The van der Waals surface area contributed by atoms with Crippen molar-refractivity contribution in [1.29, 1.82) is 0 Å². The molecule has 0 aromatic heterocycles. The summed E-state index contributed by atoms with van der Waals surface area (Å²) in [6.45, 7) is 0.337. The normalized spacial score (nSPS) is 17.3. The van der Waals surface area contributed by atoms with Gasteiger partial charge >= 0.3 is 6.36 Å². The molecule has 3 aromatic rings. The van der Waals surface area contributed by atoms with Crippen LogP contribution >= 0.6 is 0 Å². The fraction of sp³-hybridized carbons (Fsp3) is 0.286. The predicted molar refractivity (Wildman–Crippen MR) is 141 cm³/mol. The van der Waals surface area contributed by atoms with Gasteiger partial charge < -0.3 is 15.4 Å². The van der Waals surface area contributed by atoms with Crippen LogP contribution < -0.4 is 20.5 Å². The predicted octanol–water partition coefficient (Wildman–Crippen LogP) is 4.25. The summed E-state index contributed by atoms with van der Waals surface area (Å²) in [4.78, 5) is 25.8. The first-order valence-electron chi connectivity index (χ1n) is 12.5. The van der Waals surface area contributed by atoms with Crippen LogP contribution in [0.15, 0.2) is 77.7 Å². The first-order valence-corrected chi connectivity index (χ1v) is 14.1. The molecule has 1 aliphatic rings. The molecule has 1 fully saturated rings. The van der Waals surface area contributed by atoms with Crippen LogP contribution in [0.4, 0.5) is 13.2 Å². The second-order valence-corrected chi connectivity index (χ2v) is 11.0. The van der Waals surface area contributed by atoms with Gasteiger partial charge in [-0.15, -0.1) is 13.2 Å². The van der Waals surface area contributed by atoms with Crippen LogP contribution in [0, 0.1) is 11.8 Å². The lowest BCUT2D eigenvalue weighted by Gasteiger charge is -2.19. The number of hydrogen-bond donors (Lipinski definition) is 3. The Morgan fingerprint density at radius 3 is 1.82 bits per heavy atom. The van der Waals surface area contributed by atoms with E-state index in [0.29, 0.717) is 29.5 Å². The summed E-state index contributed by atoms with van der Waals surface area (Å²) in [6.07, 6.45) is -2.94. The first-order chi connectivity index (χ1) is 18.9. The molecule has 12 heteroatoms. The number of hydrogen-bond acceptors (Lipinski definition) is 5. The number of carbonyl (C=O) groups is 2. The zero-order chi connectivity index (χ0) is 28.9. The Labute approximate surface area is 229 Å². The Morgan fingerprint density at radius 1 is 0.825 bits per heavy atom. The van der Waals surface area contributed by atoms with Crippen molar-refractivity contribution in [3.05, 3.63) is 83.9 Å². The number of primary sulfonamides is 1. The van der Waals surface area contributed by atoms with Crippen molar-refractivity contribution in [2.24, 2.45) is 17.0 Å². The van der Waals surface area contributed by atoms with Crippen LogP contribution in [0.3, 0.4) is 0 Å². The van der Waals surface area contributed by atoms with Crippen LogP contribution in [-0.2, 0) is 32.7 Å². The van der Waals surface area contributed by atoms with E-state index in [9.17, 15) is 31.2 Å². The molecule has 0 heterocycles. The van der Waals surface area contributed by atoms with Crippen molar-refractivity contribution in [3.63, 3.8) is 0 Å². The van der Waals surface area contributed by atoms with E-state index in [1.54, 1.807) is 42.5 Å². The van der Waals surface area contributed by atoms with Gasteiger partial charge in [-0.2, -0.15) is 0 Å². The third kappa shape index (κ3) is 7.60. The van der Waals surface area contributed by atoms with Gasteiger partial charge in [0.2, 0.25) is 21.8 Å². The van der Waals surface area contributed by atoms with Gasteiger partial charge in [0.05, 0.1) is 4.90 Å². The number of sulfonamides is 1. The summed E-state index contributed by atoms with van der Waals surface area (Å²) in [5.74, 6) is -1.88. The molecule has 3 aromatic carbocycles. The third-order valence-corrected chi connectivity index (χ3v) is 7.71. The SMILES string of the molecule is NS(=O)(=O)c1ccccc1-c1ccc(CNC(=O)[C@@H]2CCC[C@H]2C(=O)NCc2ccc(OC(F)(F)F)cc2)cc1. The van der Waals surface area contributed by atoms with Crippen molar-refractivity contribution in [2.45, 2.75) is 43.6 Å². The Hall–Kier alpha value is -3.90. The number of rotatable bonds is 9. The van der Waals surface area contributed by atoms with E-state index in [0.717, 1.165) is 12.0 Å². The number of amides is 2. The minimum absolute atomic E-state index is 0.0223. The summed E-state index contributed by atoms with van der Waals surface area (Å²) in [5, 5.41) is 11.0. The summed E-state index contributed by atoms with van der Waals surface area (Å²) < 4.78 is 64.6. The Kier molecular flexibility index (Phi) is 8.79. The molecule has 2 amide bonds. The van der Waals surface area contributed by atoms with E-state index in [-0.39, 0.29) is 35.5 Å². The molecule has 1 saturated carbocycles. The van der Waals surface area contributed by atoms with Crippen LogP contribution in [0.2, 0.25) is 0 Å². The molecule has 40 heavy (non-hydrogen) atoms. The quantitative estimate of drug-likeness (QED) is 0.352. The molecule has 0 radical (unpaired) electrons. The van der Waals surface area contributed by atoms with E-state index in [1.165, 1.54) is 30.3 Å². The summed E-state index contributed by atoms with van der Waals surface area (Å²) in [5.41, 5.74) is 2.53. The minimum Gasteiger partial charge on any atom is -0.406 e. The third-order valence-electron chi connectivity index (χ3n) is 6.74. The largest absolute Gasteiger partial charge is 0.573 e. The van der Waals surface area contributed by atoms with Crippen molar-refractivity contribution in [1.82, 2.24) is 10.6 Å². The number of benzene rings is 3. The molecule has 0 spiro atoms. The van der Waals surface area contributed by atoms with Crippen molar-refractivity contribution in [3.8, 4) is 16.9 Å². The highest BCUT2D eigenvalue weighted by atomic mass is 32.2. The second-order valence-electron chi connectivity index (χ2n) is 9.51. The maximum Gasteiger partial charge on any atom is 0.573 e. The molecule has 1 aliphatic carbocycles. The van der Waals surface area contributed by atoms with Gasteiger partial charge in [0, 0.05) is 30.5 Å². The van der Waals surface area contributed by atoms with Gasteiger partial charge in [-0.25, -0.2) is 13.6 Å². The van der Waals surface area contributed by atoms with E-state index in [2.05, 4.69) is 15.4 Å². The number of alkyl halides is 3. The number of nitrogens with two attached hydrogens (primary N) is 1. The van der Waals surface area contributed by atoms with Gasteiger partial charge in [0.25, 0.3) is 0 Å². The summed E-state index contributed by atoms with van der Waals surface area (Å²) in [6, 6.07) is 18.7. The van der Waals surface area contributed by atoms with Gasteiger partial charge in [0.1, 0.15) is 5.75 Å². The maximum absolute atomic E-state index is 12.9. The monoisotopic (exact) mass is 575 g/mol. The molecular weight excluding hydrogens is 547 g/mol. The summed E-state index contributed by atoms with van der Waals surface area (Å²) in [7, 11) is -3.90. The second kappa shape index (κ2) is 12.1. The van der Waals surface area contributed by atoms with E-state index in [1.807, 2.05) is 0 Å². The zero-order valence-electron chi connectivity index (χ0n) is 21.3. The molecule has 212 valence electrons. The van der Waals surface area contributed by atoms with Crippen LogP contribution in [0.5, 0.6) is 5.75 Å². The number of halogens is 3. The average molecular weight is 576 g/mol. The molecular formula is C28H28F3N3O5S. The molecule has 4 rings (SSSR count). The number of nitrogens with one attached hydrogen (secondary N) is 2. The zero-order valence-corrected chi connectivity index (χ0v) is 22.1. The lowest BCUT2D eigenvalue weighted by atomic mass is 9.94. The lowest BCUT2D eigenvalue weighted by Crippen LogP contribution is -2.39. The molecule has 0 saturated heterocycles. The van der Waals surface area contributed by atoms with Crippen molar-refractivity contribution >= 4 is 21.8 Å². The van der Waals surface area contributed by atoms with Crippen LogP contribution in [0.1, 0.15) is 30.4 Å². The van der Waals surface area contributed by atoms with Gasteiger partial charge in [-0.3, -0.25) is 9.59 Å². The van der Waals surface area contributed by atoms with Crippen molar-refractivity contribution in [2.75, 3.05) is 0 Å². The van der Waals surface area contributed by atoms with E-state index < -0.39 is 28.2 Å². The molecule has 4 N–H and O–H groups in total. The Balaban J connectivity index is 1.30. The highest BCUT2D eigenvalue weighted by Gasteiger charge is 2.37. The summed E-state index contributed by atoms with van der Waals surface area (Å²) >= 11 is 0. The lowest BCUT2D eigenvalue weighted by molar-refractivity contribution is -0.274. The number of carbonyl (C=O) groups excluding carboxylic acids is 2. The van der Waals surface area contributed by atoms with Crippen molar-refractivity contribution < 1.29 is 35.9 Å². The van der Waals surface area contributed by atoms with Crippen LogP contribution in [0.25, 0.3) is 11.1 Å². The highest BCUT2D eigenvalue weighted by molar-refractivity contribution is 7.89. The van der Waals surface area contributed by atoms with E-state index >= 15 is 0 Å². The maximum atomic E-state index is 12.9. The standard InChI is InChI=1S/C28H28F3N3O5S/c29-28(30,31)39-21-14-10-19(11-15-21)17-34-27(36)24-6-3-5-23(24)26(35)33-16-18-8-12-20(13-9-18)22-4-1-2-7-25(22)40(32,37)38/h1-2,4,7-15,23-24H,3,5-6,16-17H2,(H,33,35)(H,34,36)(H2,32,37,38)/t23-,24-/m1/s1. The molecule has 0 aliphatic heterocycles. The molecule has 8 nitrogen and oxygen atoms in total. The Morgan fingerprint density at radius 2 is 1.32 bits per heavy atom. The minimum atomic E-state index is -4.78. The molecule has 2 atom stereocenters. The van der Waals surface area contributed by atoms with Crippen LogP contribution in [-0.4, -0.2) is 26.6 Å². The fourth-order valence-corrected chi connectivity index (χ4v) is 5.55. The molecule has 0 bridgehead atoms.